The summed E-state index contributed by atoms with van der Waals surface area (Å²) in [6, 6.07) is 3.83. The number of alkyl halides is 3. The highest BCUT2D eigenvalue weighted by molar-refractivity contribution is 7.87. The summed E-state index contributed by atoms with van der Waals surface area (Å²) in [6.45, 7) is 11.7. The molecule has 14 heteroatoms. The molecule has 0 radical (unpaired) electrons. The molecular weight excluding hydrogens is 607 g/mol. The number of ether oxygens (including phenoxy) is 2. The molecule has 0 spiro atoms. The Labute approximate surface area is 249 Å². The van der Waals surface area contributed by atoms with E-state index in [0.717, 1.165) is 0 Å². The number of allylic oxidation sites excluding steroid dienone is 2. The highest BCUT2D eigenvalue weighted by Crippen LogP contribution is 2.74. The van der Waals surface area contributed by atoms with Crippen LogP contribution in [0.3, 0.4) is 0 Å². The molecule has 1 aromatic rings. The lowest BCUT2D eigenvalue weighted by molar-refractivity contribution is -0.0888. The van der Waals surface area contributed by atoms with Gasteiger partial charge in [-0.1, -0.05) is 51.4 Å². The lowest BCUT2D eigenvalue weighted by Crippen LogP contribution is -2.66. The molecule has 232 valence electrons. The number of aliphatic hydroxyl groups is 1. The van der Waals surface area contributed by atoms with Gasteiger partial charge in [0, 0.05) is 11.5 Å². The van der Waals surface area contributed by atoms with Gasteiger partial charge in [0.15, 0.2) is 0 Å². The normalized spacial score (nSPS) is 33.4. The molecule has 9 nitrogen and oxygen atoms in total. The Morgan fingerprint density at radius 3 is 2.35 bits per heavy atom. The van der Waals surface area contributed by atoms with E-state index < -0.39 is 71.3 Å². The smallest absolute Gasteiger partial charge is 0.523 e. The topological polar surface area (TPSA) is 115 Å². The van der Waals surface area contributed by atoms with Crippen molar-refractivity contribution < 1.29 is 49.6 Å². The summed E-state index contributed by atoms with van der Waals surface area (Å²) < 4.78 is 87.5. The summed E-state index contributed by atoms with van der Waals surface area (Å²) in [7, 11) is -7.34. The number of epoxide rings is 1. The van der Waals surface area contributed by atoms with E-state index in [0.29, 0.717) is 17.0 Å². The minimum absolute atomic E-state index is 0.165. The van der Waals surface area contributed by atoms with Gasteiger partial charge >= 0.3 is 21.7 Å². The van der Waals surface area contributed by atoms with E-state index in [1.54, 1.807) is 18.2 Å². The summed E-state index contributed by atoms with van der Waals surface area (Å²) >= 11 is 0. The molecule has 1 amide bonds. The Balaban J connectivity index is 1.77. The van der Waals surface area contributed by atoms with Crippen LogP contribution in [0.1, 0.15) is 33.3 Å². The number of amides is 1. The van der Waals surface area contributed by atoms with Gasteiger partial charge in [0.2, 0.25) is 8.32 Å². The molecular formula is C29H32F3NO8SSi. The lowest BCUT2D eigenvalue weighted by Gasteiger charge is -2.49. The second-order valence-corrected chi connectivity index (χ2v) is 18.8. The predicted molar refractivity (Wildman–Crippen MR) is 152 cm³/mol. The molecule has 0 unspecified atom stereocenters. The third-order valence-corrected chi connectivity index (χ3v) is 14.6. The number of rotatable bonds is 4. The van der Waals surface area contributed by atoms with E-state index in [4.69, 9.17) is 18.1 Å². The first-order chi connectivity index (χ1) is 19.8. The van der Waals surface area contributed by atoms with Crippen molar-refractivity contribution in [1.29, 1.82) is 0 Å². The van der Waals surface area contributed by atoms with Crippen molar-refractivity contribution in [2.45, 2.75) is 80.8 Å². The maximum atomic E-state index is 13.4. The minimum Gasteiger partial charge on any atom is -0.543 e. The number of carbonyl (C=O) groups excluding carboxylic acids is 1. The third kappa shape index (κ3) is 4.41. The molecule has 5 rings (SSSR count). The number of methoxy groups -OCH3 is 1. The van der Waals surface area contributed by atoms with Gasteiger partial charge < -0.3 is 19.0 Å². The molecule has 0 aromatic heterocycles. The van der Waals surface area contributed by atoms with Crippen molar-refractivity contribution >= 4 is 30.2 Å². The largest absolute Gasteiger partial charge is 0.543 e. The molecule has 43 heavy (non-hydrogen) atoms. The Morgan fingerprint density at radius 2 is 1.77 bits per heavy atom. The van der Waals surface area contributed by atoms with Gasteiger partial charge in [-0.05, 0) is 48.5 Å². The SMILES string of the molecule is COC(=O)N1c2ccc(O[Si](C)(C)C(C)(C)C)cc2[C@@]23O[C@@]24[C@@H]1C#C/C=C\C#C[C@@H]3[C@@H](O)[C@@H](OS(=O)(=O)C(F)(F)F)[C@@H]4C. The highest BCUT2D eigenvalue weighted by Gasteiger charge is 2.87. The quantitative estimate of drug-likeness (QED) is 0.169. The maximum Gasteiger partial charge on any atom is 0.523 e. The highest BCUT2D eigenvalue weighted by atomic mass is 32.2. The van der Waals surface area contributed by atoms with Crippen molar-refractivity contribution in [1.82, 2.24) is 0 Å². The molecule has 7 atom stereocenters. The number of halogens is 3. The van der Waals surface area contributed by atoms with Crippen LogP contribution in [0.4, 0.5) is 23.7 Å². The Morgan fingerprint density at radius 1 is 1.14 bits per heavy atom. The van der Waals surface area contributed by atoms with Crippen molar-refractivity contribution in [3.8, 4) is 29.4 Å². The minimum atomic E-state index is -6.14. The molecule has 2 aliphatic carbocycles. The van der Waals surface area contributed by atoms with Gasteiger partial charge in [-0.25, -0.2) is 4.79 Å². The van der Waals surface area contributed by atoms with Crippen LogP contribution in [-0.4, -0.2) is 64.4 Å². The molecule has 1 N–H and O–H groups in total. The Bertz CT molecular complexity index is 1630. The fraction of sp³-hybridized carbons (Fsp3) is 0.552. The molecule has 2 fully saturated rings. The second kappa shape index (κ2) is 9.74. The number of nitrogens with zero attached hydrogens (tertiary/aromatic N) is 1. The second-order valence-electron chi connectivity index (χ2n) is 12.5. The average molecular weight is 640 g/mol. The van der Waals surface area contributed by atoms with Gasteiger partial charge in [-0.2, -0.15) is 21.6 Å². The molecule has 1 saturated heterocycles. The lowest BCUT2D eigenvalue weighted by atomic mass is 9.58. The number of benzene rings is 1. The van der Waals surface area contributed by atoms with Crippen LogP contribution in [0, 0.1) is 35.5 Å². The van der Waals surface area contributed by atoms with E-state index in [2.05, 4.69) is 57.5 Å². The van der Waals surface area contributed by atoms with Crippen LogP contribution in [0.15, 0.2) is 30.4 Å². The van der Waals surface area contributed by atoms with Crippen LogP contribution >= 0.6 is 0 Å². The number of aliphatic hydroxyl groups excluding tert-OH is 1. The van der Waals surface area contributed by atoms with Gasteiger partial charge in [0.1, 0.15) is 29.1 Å². The summed E-state index contributed by atoms with van der Waals surface area (Å²) in [5.74, 6) is 9.28. The molecule has 2 heterocycles. The summed E-state index contributed by atoms with van der Waals surface area (Å²) in [5, 5.41) is 11.4. The van der Waals surface area contributed by atoms with E-state index in [-0.39, 0.29) is 5.04 Å². The molecule has 2 aliphatic heterocycles. The molecule has 1 saturated carbocycles. The van der Waals surface area contributed by atoms with E-state index in [9.17, 15) is 31.5 Å². The van der Waals surface area contributed by atoms with Crippen LogP contribution in [0.25, 0.3) is 0 Å². The van der Waals surface area contributed by atoms with Gasteiger partial charge in [0.05, 0.1) is 24.8 Å². The van der Waals surface area contributed by atoms with Crippen molar-refractivity contribution in [3.05, 3.63) is 35.9 Å². The third-order valence-electron chi connectivity index (χ3n) is 9.23. The molecule has 4 bridgehead atoms. The van der Waals surface area contributed by atoms with Crippen LogP contribution in [0.2, 0.25) is 18.1 Å². The van der Waals surface area contributed by atoms with Gasteiger partial charge in [0.25, 0.3) is 0 Å². The zero-order chi connectivity index (χ0) is 32.0. The number of hydrogen-bond donors (Lipinski definition) is 1. The average Bonchev–Trinajstić information content (AvgIpc) is 3.61. The van der Waals surface area contributed by atoms with E-state index >= 15 is 0 Å². The fourth-order valence-corrected chi connectivity index (χ4v) is 7.81. The monoisotopic (exact) mass is 639 g/mol. The summed E-state index contributed by atoms with van der Waals surface area (Å²) in [4.78, 5) is 14.6. The van der Waals surface area contributed by atoms with Crippen LogP contribution < -0.4 is 9.33 Å². The zero-order valence-electron chi connectivity index (χ0n) is 24.6. The standard InChI is InChI=1S/C29H32F3NO8SSi/c1-17-24(39-42(36,37)29(30,31)32)23(34)19-12-10-8-9-11-13-22-27(17)28(19,41-27)20-16-18(40-43(6,7)26(2,3)4)14-15-21(20)33(22)25(35)38-5/h8-9,14-17,19,22-24,34H,1-7H3/b9-8-/t17-,19+,22-,23+,24-,27-,28+/m0/s1. The zero-order valence-corrected chi connectivity index (χ0v) is 26.4. The Hall–Kier alpha value is -3.01. The van der Waals surface area contributed by atoms with Crippen molar-refractivity contribution in [3.63, 3.8) is 0 Å². The first-order valence-corrected chi connectivity index (χ1v) is 17.8. The van der Waals surface area contributed by atoms with Crippen molar-refractivity contribution in [2.75, 3.05) is 12.0 Å². The number of carbonyl (C=O) groups is 1. The Kier molecular flexibility index (Phi) is 7.12. The fourth-order valence-electron chi connectivity index (χ4n) is 6.10. The van der Waals surface area contributed by atoms with E-state index in [1.165, 1.54) is 31.1 Å². The summed E-state index contributed by atoms with van der Waals surface area (Å²) in [5.41, 5.74) is -8.21. The number of anilines is 1. The van der Waals surface area contributed by atoms with Crippen molar-refractivity contribution in [2.24, 2.45) is 11.8 Å². The first kappa shape index (κ1) is 31.4. The van der Waals surface area contributed by atoms with Gasteiger partial charge in [-0.15, -0.1) is 0 Å². The molecule has 4 aliphatic rings. The molecule has 1 aromatic carbocycles. The maximum absolute atomic E-state index is 13.4. The van der Waals surface area contributed by atoms with Crippen LogP contribution in [-0.2, 0) is 29.4 Å². The van der Waals surface area contributed by atoms with Gasteiger partial charge in [-0.3, -0.25) is 9.08 Å². The van der Waals surface area contributed by atoms with E-state index in [1.807, 2.05) is 0 Å². The first-order valence-electron chi connectivity index (χ1n) is 13.5. The van der Waals surface area contributed by atoms with Crippen LogP contribution in [0.5, 0.6) is 5.75 Å². The predicted octanol–water partition coefficient (Wildman–Crippen LogP) is 4.43. The summed E-state index contributed by atoms with van der Waals surface area (Å²) in [6.07, 6.45) is -1.82. The number of fused-ring (bicyclic) bond motifs is 1. The number of hydrogen-bond acceptors (Lipinski definition) is 8.